The lowest BCUT2D eigenvalue weighted by atomic mass is 10.1. The van der Waals surface area contributed by atoms with Gasteiger partial charge in [0.15, 0.2) is 0 Å². The molecule has 0 fully saturated rings. The molecule has 1 unspecified atom stereocenters. The fraction of sp³-hybridized carbons (Fsp3) is 0.214. The van der Waals surface area contributed by atoms with E-state index in [9.17, 15) is 13.2 Å². The van der Waals surface area contributed by atoms with Crippen LogP contribution in [0.5, 0.6) is 0 Å². The zero-order chi connectivity index (χ0) is 15.5. The summed E-state index contributed by atoms with van der Waals surface area (Å²) >= 11 is 1.57. The molecule has 0 radical (unpaired) electrons. The molecule has 112 valence electrons. The van der Waals surface area contributed by atoms with E-state index in [-0.39, 0.29) is 11.9 Å². The van der Waals surface area contributed by atoms with Crippen LogP contribution in [0.1, 0.15) is 28.2 Å². The van der Waals surface area contributed by atoms with E-state index >= 15 is 0 Å². The molecule has 1 heterocycles. The number of hydrogen-bond acceptors (Lipinski definition) is 4. The van der Waals surface area contributed by atoms with Gasteiger partial charge in [-0.3, -0.25) is 9.52 Å². The third-order valence-corrected chi connectivity index (χ3v) is 4.41. The zero-order valence-electron chi connectivity index (χ0n) is 11.7. The molecule has 0 saturated heterocycles. The Morgan fingerprint density at radius 3 is 2.62 bits per heavy atom. The van der Waals surface area contributed by atoms with Gasteiger partial charge in [0.25, 0.3) is 5.91 Å². The first-order valence-corrected chi connectivity index (χ1v) is 9.04. The number of sulfonamides is 1. The van der Waals surface area contributed by atoms with Crippen LogP contribution in [0.3, 0.4) is 0 Å². The van der Waals surface area contributed by atoms with E-state index in [0.717, 1.165) is 11.1 Å². The first kappa shape index (κ1) is 15.5. The van der Waals surface area contributed by atoms with Crippen molar-refractivity contribution in [2.75, 3.05) is 11.0 Å². The maximum absolute atomic E-state index is 12.2. The third kappa shape index (κ3) is 4.57. The summed E-state index contributed by atoms with van der Waals surface area (Å²) in [6, 6.07) is 10.2. The van der Waals surface area contributed by atoms with E-state index in [1.165, 1.54) is 6.07 Å². The highest BCUT2D eigenvalue weighted by atomic mass is 32.2. The van der Waals surface area contributed by atoms with Gasteiger partial charge in [-0.05, 0) is 36.6 Å². The standard InChI is InChI=1S/C14H16N2O3S2/c1-10(13-7-4-8-20-13)15-14(17)11-5-3-6-12(9-11)16-21(2,18)19/h3-10,16H,1-2H3,(H,15,17). The van der Waals surface area contributed by atoms with Gasteiger partial charge in [-0.2, -0.15) is 0 Å². The fourth-order valence-corrected chi connectivity index (χ4v) is 3.12. The Bertz CT molecular complexity index is 724. The van der Waals surface area contributed by atoms with E-state index < -0.39 is 10.0 Å². The van der Waals surface area contributed by atoms with Crippen LogP contribution in [0.4, 0.5) is 5.69 Å². The molecule has 2 rings (SSSR count). The second-order valence-corrected chi connectivity index (χ2v) is 7.39. The van der Waals surface area contributed by atoms with Crippen molar-refractivity contribution in [3.8, 4) is 0 Å². The number of rotatable bonds is 5. The Labute approximate surface area is 128 Å². The number of amides is 1. The molecular formula is C14H16N2O3S2. The van der Waals surface area contributed by atoms with Crippen molar-refractivity contribution in [1.29, 1.82) is 0 Å². The molecule has 0 spiro atoms. The Kier molecular flexibility index (Phi) is 4.64. The summed E-state index contributed by atoms with van der Waals surface area (Å²) < 4.78 is 24.8. The van der Waals surface area contributed by atoms with Gasteiger partial charge in [0.05, 0.1) is 12.3 Å². The van der Waals surface area contributed by atoms with Crippen LogP contribution in [-0.4, -0.2) is 20.6 Å². The van der Waals surface area contributed by atoms with E-state index in [1.54, 1.807) is 29.5 Å². The summed E-state index contributed by atoms with van der Waals surface area (Å²) in [6.45, 7) is 1.91. The highest BCUT2D eigenvalue weighted by molar-refractivity contribution is 7.92. The van der Waals surface area contributed by atoms with Gasteiger partial charge in [0.1, 0.15) is 0 Å². The first-order valence-electron chi connectivity index (χ1n) is 6.27. The van der Waals surface area contributed by atoms with Crippen molar-refractivity contribution >= 4 is 33.0 Å². The van der Waals surface area contributed by atoms with Crippen molar-refractivity contribution in [3.05, 3.63) is 52.2 Å². The van der Waals surface area contributed by atoms with Gasteiger partial charge >= 0.3 is 0 Å². The van der Waals surface area contributed by atoms with Gasteiger partial charge in [-0.25, -0.2) is 8.42 Å². The van der Waals surface area contributed by atoms with E-state index in [4.69, 9.17) is 0 Å². The highest BCUT2D eigenvalue weighted by Gasteiger charge is 2.13. The summed E-state index contributed by atoms with van der Waals surface area (Å²) in [4.78, 5) is 13.2. The van der Waals surface area contributed by atoms with Crippen LogP contribution in [-0.2, 0) is 10.0 Å². The average molecular weight is 324 g/mol. The van der Waals surface area contributed by atoms with Gasteiger partial charge in [-0.15, -0.1) is 11.3 Å². The number of benzene rings is 1. The minimum Gasteiger partial charge on any atom is -0.345 e. The monoisotopic (exact) mass is 324 g/mol. The molecule has 7 heteroatoms. The third-order valence-electron chi connectivity index (χ3n) is 2.75. The minimum atomic E-state index is -3.36. The Balaban J connectivity index is 2.11. The topological polar surface area (TPSA) is 75.3 Å². The normalized spacial score (nSPS) is 12.7. The largest absolute Gasteiger partial charge is 0.345 e. The predicted molar refractivity (Wildman–Crippen MR) is 85.1 cm³/mol. The molecule has 0 aliphatic heterocycles. The lowest BCUT2D eigenvalue weighted by molar-refractivity contribution is 0.0940. The molecule has 1 atom stereocenters. The molecule has 1 amide bonds. The first-order chi connectivity index (χ1) is 9.85. The van der Waals surface area contributed by atoms with Crippen LogP contribution in [0.25, 0.3) is 0 Å². The second-order valence-electron chi connectivity index (χ2n) is 4.67. The summed E-state index contributed by atoms with van der Waals surface area (Å²) in [7, 11) is -3.36. The lowest BCUT2D eigenvalue weighted by Gasteiger charge is -2.13. The maximum Gasteiger partial charge on any atom is 0.251 e. The SMILES string of the molecule is CC(NC(=O)c1cccc(NS(C)(=O)=O)c1)c1cccs1. The van der Waals surface area contributed by atoms with E-state index in [0.29, 0.717) is 11.3 Å². The van der Waals surface area contributed by atoms with Gasteiger partial charge in [-0.1, -0.05) is 12.1 Å². The maximum atomic E-state index is 12.2. The van der Waals surface area contributed by atoms with E-state index in [1.807, 2.05) is 24.4 Å². The van der Waals surface area contributed by atoms with Crippen LogP contribution >= 0.6 is 11.3 Å². The molecule has 2 aromatic rings. The van der Waals surface area contributed by atoms with Crippen molar-refractivity contribution in [1.82, 2.24) is 5.32 Å². The van der Waals surface area contributed by atoms with Gasteiger partial charge in [0, 0.05) is 16.1 Å². The molecule has 0 aliphatic carbocycles. The Morgan fingerprint density at radius 2 is 2.00 bits per heavy atom. The lowest BCUT2D eigenvalue weighted by Crippen LogP contribution is -2.26. The van der Waals surface area contributed by atoms with Gasteiger partial charge < -0.3 is 5.32 Å². The van der Waals surface area contributed by atoms with Crippen LogP contribution in [0.15, 0.2) is 41.8 Å². The van der Waals surface area contributed by atoms with Gasteiger partial charge in [0.2, 0.25) is 10.0 Å². The van der Waals surface area contributed by atoms with Crippen molar-refractivity contribution in [2.45, 2.75) is 13.0 Å². The summed E-state index contributed by atoms with van der Waals surface area (Å²) in [5.74, 6) is -0.243. The molecule has 1 aromatic carbocycles. The smallest absolute Gasteiger partial charge is 0.251 e. The Hall–Kier alpha value is -1.86. The number of carbonyl (C=O) groups excluding carboxylic acids is 1. The van der Waals surface area contributed by atoms with Crippen molar-refractivity contribution < 1.29 is 13.2 Å². The number of thiophene rings is 1. The number of anilines is 1. The van der Waals surface area contributed by atoms with Crippen molar-refractivity contribution in [3.63, 3.8) is 0 Å². The number of nitrogens with one attached hydrogen (secondary N) is 2. The summed E-state index contributed by atoms with van der Waals surface area (Å²) in [6.07, 6.45) is 1.07. The summed E-state index contributed by atoms with van der Waals surface area (Å²) in [5, 5.41) is 4.84. The number of carbonyl (C=O) groups is 1. The van der Waals surface area contributed by atoms with Crippen LogP contribution in [0.2, 0.25) is 0 Å². The number of hydrogen-bond donors (Lipinski definition) is 2. The quantitative estimate of drug-likeness (QED) is 0.888. The molecule has 1 aromatic heterocycles. The average Bonchev–Trinajstić information content (AvgIpc) is 2.90. The second kappa shape index (κ2) is 6.28. The molecule has 0 aliphatic rings. The fourth-order valence-electron chi connectivity index (χ4n) is 1.83. The zero-order valence-corrected chi connectivity index (χ0v) is 13.3. The molecule has 21 heavy (non-hydrogen) atoms. The molecule has 0 bridgehead atoms. The minimum absolute atomic E-state index is 0.0935. The molecule has 0 saturated carbocycles. The van der Waals surface area contributed by atoms with Crippen LogP contribution < -0.4 is 10.0 Å². The molecule has 5 nitrogen and oxygen atoms in total. The van der Waals surface area contributed by atoms with Crippen LogP contribution in [0, 0.1) is 0 Å². The molecular weight excluding hydrogens is 308 g/mol. The van der Waals surface area contributed by atoms with E-state index in [2.05, 4.69) is 10.0 Å². The Morgan fingerprint density at radius 1 is 1.24 bits per heavy atom. The van der Waals surface area contributed by atoms with Crippen molar-refractivity contribution in [2.24, 2.45) is 0 Å². The molecule has 2 N–H and O–H groups in total. The highest BCUT2D eigenvalue weighted by Crippen LogP contribution is 2.19. The summed E-state index contributed by atoms with van der Waals surface area (Å²) in [5.41, 5.74) is 0.779. The predicted octanol–water partition coefficient (Wildman–Crippen LogP) is 2.61.